The molecule has 9 heteroatoms. The van der Waals surface area contributed by atoms with E-state index < -0.39 is 11.8 Å². The fourth-order valence-corrected chi connectivity index (χ4v) is 2.92. The molecule has 0 aliphatic heterocycles. The Labute approximate surface area is 165 Å². The first-order valence-electron chi connectivity index (χ1n) is 8.47. The third-order valence-electron chi connectivity index (χ3n) is 3.60. The Morgan fingerprint density at radius 1 is 0.893 bits per heavy atom. The Morgan fingerprint density at radius 3 is 2.39 bits per heavy atom. The number of hydrogen-bond acceptors (Lipinski definition) is 6. The van der Waals surface area contributed by atoms with Gasteiger partial charge in [-0.05, 0) is 17.7 Å². The van der Waals surface area contributed by atoms with Crippen LogP contribution in [0.15, 0.2) is 64.2 Å². The van der Waals surface area contributed by atoms with Crippen molar-refractivity contribution in [3.8, 4) is 0 Å². The van der Waals surface area contributed by atoms with E-state index >= 15 is 0 Å². The van der Waals surface area contributed by atoms with Gasteiger partial charge in [0, 0.05) is 0 Å². The highest BCUT2D eigenvalue weighted by molar-refractivity contribution is 7.99. The zero-order valence-corrected chi connectivity index (χ0v) is 15.6. The summed E-state index contributed by atoms with van der Waals surface area (Å²) in [7, 11) is 0. The number of rotatable bonds is 7. The Balaban J connectivity index is 1.33. The van der Waals surface area contributed by atoms with Crippen molar-refractivity contribution in [2.45, 2.75) is 11.6 Å². The Morgan fingerprint density at radius 2 is 1.61 bits per heavy atom. The van der Waals surface area contributed by atoms with E-state index in [1.807, 2.05) is 48.5 Å². The lowest BCUT2D eigenvalue weighted by molar-refractivity contribution is -0.128. The summed E-state index contributed by atoms with van der Waals surface area (Å²) in [6.07, 6.45) is 0.182. The first kappa shape index (κ1) is 19.4. The second kappa shape index (κ2) is 9.56. The smallest absolute Gasteiger partial charge is 0.257 e. The fraction of sp³-hybridized carbons (Fsp3) is 0.158. The number of hydrazine groups is 1. The number of nitrogens with one attached hydrogen (secondary N) is 3. The minimum atomic E-state index is -0.526. The van der Waals surface area contributed by atoms with Crippen LogP contribution in [0.5, 0.6) is 0 Å². The maximum absolute atomic E-state index is 11.8. The Bertz CT molecular complexity index is 941. The van der Waals surface area contributed by atoms with Crippen LogP contribution in [0.3, 0.4) is 0 Å². The van der Waals surface area contributed by atoms with Gasteiger partial charge in [-0.1, -0.05) is 54.2 Å². The van der Waals surface area contributed by atoms with Crippen LogP contribution in [0.4, 0.5) is 0 Å². The first-order chi connectivity index (χ1) is 13.6. The van der Waals surface area contributed by atoms with Gasteiger partial charge in [0.2, 0.25) is 11.8 Å². The molecule has 3 N–H and O–H groups in total. The lowest BCUT2D eigenvalue weighted by Gasteiger charge is -2.08. The first-order valence-corrected chi connectivity index (χ1v) is 9.45. The number of benzene rings is 2. The van der Waals surface area contributed by atoms with E-state index in [2.05, 4.69) is 21.2 Å². The van der Waals surface area contributed by atoms with Crippen molar-refractivity contribution in [2.24, 2.45) is 0 Å². The van der Waals surface area contributed by atoms with Crippen LogP contribution in [-0.2, 0) is 20.8 Å². The number of para-hydroxylation sites is 2. The summed E-state index contributed by atoms with van der Waals surface area (Å²) in [5.74, 6) is -1.20. The lowest BCUT2D eigenvalue weighted by atomic mass is 10.1. The average molecular weight is 398 g/mol. The molecule has 3 rings (SSSR count). The average Bonchev–Trinajstić information content (AvgIpc) is 3.13. The number of nitrogens with zero attached hydrogens (tertiary/aromatic N) is 1. The van der Waals surface area contributed by atoms with Crippen molar-refractivity contribution in [3.63, 3.8) is 0 Å². The molecule has 8 nitrogen and oxygen atoms in total. The molecule has 0 aliphatic carbocycles. The molecule has 0 saturated heterocycles. The molecule has 1 aromatic heterocycles. The van der Waals surface area contributed by atoms with E-state index in [1.165, 1.54) is 0 Å². The quantitative estimate of drug-likeness (QED) is 0.410. The summed E-state index contributed by atoms with van der Waals surface area (Å²) in [6, 6.07) is 16.5. The molecule has 0 radical (unpaired) electrons. The molecular formula is C19H18N4O4S. The monoisotopic (exact) mass is 398 g/mol. The maximum atomic E-state index is 11.8. The van der Waals surface area contributed by atoms with E-state index in [0.29, 0.717) is 16.3 Å². The Hall–Kier alpha value is -3.33. The van der Waals surface area contributed by atoms with Crippen LogP contribution in [0, 0.1) is 0 Å². The van der Waals surface area contributed by atoms with Gasteiger partial charge in [0.25, 0.3) is 11.1 Å². The second-order valence-electron chi connectivity index (χ2n) is 5.77. The molecule has 0 saturated carbocycles. The third kappa shape index (κ3) is 5.85. The SMILES string of the molecule is O=C(Cc1ccccc1)NCC(=O)NNC(=O)CSc1nc2ccccc2o1. The van der Waals surface area contributed by atoms with Crippen LogP contribution in [0.2, 0.25) is 0 Å². The molecule has 0 unspecified atom stereocenters. The summed E-state index contributed by atoms with van der Waals surface area (Å²) >= 11 is 1.11. The van der Waals surface area contributed by atoms with Crippen molar-refractivity contribution in [3.05, 3.63) is 60.2 Å². The minimum Gasteiger partial charge on any atom is -0.431 e. The van der Waals surface area contributed by atoms with Gasteiger partial charge in [-0.15, -0.1) is 0 Å². The minimum absolute atomic E-state index is 0.0213. The van der Waals surface area contributed by atoms with Crippen molar-refractivity contribution in [1.82, 2.24) is 21.2 Å². The lowest BCUT2D eigenvalue weighted by Crippen LogP contribution is -2.47. The fourth-order valence-electron chi connectivity index (χ4n) is 2.28. The van der Waals surface area contributed by atoms with Crippen molar-refractivity contribution < 1.29 is 18.8 Å². The van der Waals surface area contributed by atoms with Gasteiger partial charge in [0.15, 0.2) is 5.58 Å². The van der Waals surface area contributed by atoms with E-state index in [0.717, 1.165) is 17.3 Å². The highest BCUT2D eigenvalue weighted by atomic mass is 32.2. The highest BCUT2D eigenvalue weighted by Gasteiger charge is 2.11. The van der Waals surface area contributed by atoms with Gasteiger partial charge >= 0.3 is 0 Å². The topological polar surface area (TPSA) is 113 Å². The van der Waals surface area contributed by atoms with Crippen LogP contribution < -0.4 is 16.2 Å². The molecule has 1 heterocycles. The molecule has 144 valence electrons. The molecule has 3 aromatic rings. The number of fused-ring (bicyclic) bond motifs is 1. The van der Waals surface area contributed by atoms with Gasteiger partial charge < -0.3 is 9.73 Å². The van der Waals surface area contributed by atoms with Gasteiger partial charge in [0.1, 0.15) is 5.52 Å². The largest absolute Gasteiger partial charge is 0.431 e. The summed E-state index contributed by atoms with van der Waals surface area (Å²) in [6.45, 7) is -0.232. The normalized spacial score (nSPS) is 10.4. The molecule has 0 atom stereocenters. The molecule has 28 heavy (non-hydrogen) atoms. The highest BCUT2D eigenvalue weighted by Crippen LogP contribution is 2.22. The summed E-state index contributed by atoms with van der Waals surface area (Å²) in [5.41, 5.74) is 6.73. The second-order valence-corrected chi connectivity index (χ2v) is 6.70. The molecule has 2 aromatic carbocycles. The Kier molecular flexibility index (Phi) is 6.64. The number of aromatic nitrogens is 1. The molecular weight excluding hydrogens is 380 g/mol. The number of thioether (sulfide) groups is 1. The van der Waals surface area contributed by atoms with Crippen LogP contribution in [-0.4, -0.2) is 35.0 Å². The number of carbonyl (C=O) groups is 3. The van der Waals surface area contributed by atoms with E-state index in [1.54, 1.807) is 6.07 Å². The maximum Gasteiger partial charge on any atom is 0.257 e. The zero-order chi connectivity index (χ0) is 19.8. The molecule has 0 fully saturated rings. The standard InChI is InChI=1S/C19H18N4O4S/c24-16(10-13-6-2-1-3-7-13)20-11-17(25)22-23-18(26)12-28-19-21-14-8-4-5-9-15(14)27-19/h1-9H,10-12H2,(H,20,24)(H,22,25)(H,23,26). The van der Waals surface area contributed by atoms with Gasteiger partial charge in [-0.25, -0.2) is 4.98 Å². The van der Waals surface area contributed by atoms with Crippen molar-refractivity contribution >= 4 is 40.6 Å². The predicted molar refractivity (Wildman–Crippen MR) is 104 cm³/mol. The number of hydrogen-bond donors (Lipinski definition) is 3. The van der Waals surface area contributed by atoms with Crippen LogP contribution >= 0.6 is 11.8 Å². The van der Waals surface area contributed by atoms with Crippen LogP contribution in [0.25, 0.3) is 11.1 Å². The molecule has 0 aliphatic rings. The van der Waals surface area contributed by atoms with Crippen molar-refractivity contribution in [1.29, 1.82) is 0 Å². The van der Waals surface area contributed by atoms with Crippen molar-refractivity contribution in [2.75, 3.05) is 12.3 Å². The predicted octanol–water partition coefficient (Wildman–Crippen LogP) is 1.43. The summed E-state index contributed by atoms with van der Waals surface area (Å²) < 4.78 is 5.49. The third-order valence-corrected chi connectivity index (χ3v) is 4.42. The number of oxazole rings is 1. The van der Waals surface area contributed by atoms with E-state index in [9.17, 15) is 14.4 Å². The van der Waals surface area contributed by atoms with E-state index in [-0.39, 0.29) is 24.6 Å². The molecule has 0 spiro atoms. The number of amides is 3. The van der Waals surface area contributed by atoms with Gasteiger partial charge in [-0.2, -0.15) is 0 Å². The van der Waals surface area contributed by atoms with Gasteiger partial charge in [0.05, 0.1) is 18.7 Å². The van der Waals surface area contributed by atoms with Gasteiger partial charge in [-0.3, -0.25) is 25.2 Å². The number of carbonyl (C=O) groups excluding carboxylic acids is 3. The molecule has 0 bridgehead atoms. The summed E-state index contributed by atoms with van der Waals surface area (Å²) in [4.78, 5) is 39.6. The summed E-state index contributed by atoms with van der Waals surface area (Å²) in [5, 5.41) is 2.87. The molecule has 3 amide bonds. The van der Waals surface area contributed by atoms with Crippen LogP contribution in [0.1, 0.15) is 5.56 Å². The zero-order valence-electron chi connectivity index (χ0n) is 14.8. The van der Waals surface area contributed by atoms with E-state index in [4.69, 9.17) is 4.42 Å².